The smallest absolute Gasteiger partial charge is 0.341 e. The van der Waals surface area contributed by atoms with Gasteiger partial charge >= 0.3 is 11.9 Å². The van der Waals surface area contributed by atoms with Crippen LogP contribution >= 0.6 is 22.7 Å². The van der Waals surface area contributed by atoms with Crippen molar-refractivity contribution in [3.8, 4) is 0 Å². The van der Waals surface area contributed by atoms with Crippen molar-refractivity contribution in [3.05, 3.63) is 33.0 Å². The summed E-state index contributed by atoms with van der Waals surface area (Å²) in [6.07, 6.45) is 1.20. The number of rotatable bonds is 11. The standard InChI is InChI=1S/C24H32N2O6S2/c1-13(2)9-15-11-33-21(19(15)23(29)31-5)25-17(27)7-8-18(28)26-22-20(24(30)32-6)16(12-34-22)10-14(3)4/h11-14H,7-10H2,1-6H3,(H,25,27)(H,26,28). The van der Waals surface area contributed by atoms with Gasteiger partial charge in [-0.2, -0.15) is 0 Å². The number of nitrogens with one attached hydrogen (secondary N) is 2. The van der Waals surface area contributed by atoms with Gasteiger partial charge in [-0.05, 0) is 46.6 Å². The number of methoxy groups -OCH3 is 2. The number of esters is 2. The summed E-state index contributed by atoms with van der Waals surface area (Å²) in [5, 5.41) is 9.97. The molecule has 186 valence electrons. The highest BCUT2D eigenvalue weighted by atomic mass is 32.1. The lowest BCUT2D eigenvalue weighted by molar-refractivity contribution is -0.121. The van der Waals surface area contributed by atoms with E-state index < -0.39 is 23.8 Å². The lowest BCUT2D eigenvalue weighted by Gasteiger charge is -2.10. The molecule has 2 rings (SSSR count). The largest absolute Gasteiger partial charge is 0.465 e. The summed E-state index contributed by atoms with van der Waals surface area (Å²) < 4.78 is 9.77. The van der Waals surface area contributed by atoms with Gasteiger partial charge in [0.1, 0.15) is 10.0 Å². The van der Waals surface area contributed by atoms with Crippen LogP contribution in [0.2, 0.25) is 0 Å². The Bertz CT molecular complexity index is 956. The number of carbonyl (C=O) groups excluding carboxylic acids is 4. The minimum Gasteiger partial charge on any atom is -0.465 e. The van der Waals surface area contributed by atoms with Crippen molar-refractivity contribution >= 4 is 56.4 Å². The molecule has 2 heterocycles. The first kappa shape index (κ1) is 27.5. The molecule has 2 amide bonds. The lowest BCUT2D eigenvalue weighted by atomic mass is 10.0. The molecule has 2 aromatic rings. The molecule has 0 aromatic carbocycles. The summed E-state index contributed by atoms with van der Waals surface area (Å²) in [5.74, 6) is -1.13. The highest BCUT2D eigenvalue weighted by Crippen LogP contribution is 2.32. The van der Waals surface area contributed by atoms with Gasteiger partial charge in [0.05, 0.1) is 25.3 Å². The topological polar surface area (TPSA) is 111 Å². The number of hydrogen-bond donors (Lipinski definition) is 2. The van der Waals surface area contributed by atoms with Gasteiger partial charge in [0, 0.05) is 12.8 Å². The van der Waals surface area contributed by atoms with Crippen molar-refractivity contribution in [1.29, 1.82) is 0 Å². The third kappa shape index (κ3) is 7.39. The van der Waals surface area contributed by atoms with Crippen molar-refractivity contribution in [2.24, 2.45) is 11.8 Å². The first-order valence-corrected chi connectivity index (χ1v) is 12.8. The van der Waals surface area contributed by atoms with E-state index in [0.29, 0.717) is 45.8 Å². The molecule has 8 nitrogen and oxygen atoms in total. The Hall–Kier alpha value is -2.72. The van der Waals surface area contributed by atoms with E-state index in [-0.39, 0.29) is 12.8 Å². The van der Waals surface area contributed by atoms with E-state index >= 15 is 0 Å². The molecule has 10 heteroatoms. The summed E-state index contributed by atoms with van der Waals surface area (Å²) in [4.78, 5) is 49.5. The van der Waals surface area contributed by atoms with Crippen LogP contribution in [0.5, 0.6) is 0 Å². The zero-order chi connectivity index (χ0) is 25.4. The van der Waals surface area contributed by atoms with E-state index in [1.807, 2.05) is 38.5 Å². The number of amides is 2. The van der Waals surface area contributed by atoms with Crippen molar-refractivity contribution in [3.63, 3.8) is 0 Å². The summed E-state index contributed by atoms with van der Waals surface area (Å²) in [5.41, 5.74) is 2.37. The van der Waals surface area contributed by atoms with Crippen LogP contribution in [-0.2, 0) is 31.9 Å². The highest BCUT2D eigenvalue weighted by Gasteiger charge is 2.24. The molecule has 0 unspecified atom stereocenters. The van der Waals surface area contributed by atoms with Crippen LogP contribution < -0.4 is 10.6 Å². The van der Waals surface area contributed by atoms with Crippen molar-refractivity contribution < 1.29 is 28.7 Å². The van der Waals surface area contributed by atoms with Crippen LogP contribution in [0.3, 0.4) is 0 Å². The van der Waals surface area contributed by atoms with Gasteiger partial charge in [-0.15, -0.1) is 22.7 Å². The van der Waals surface area contributed by atoms with E-state index in [1.54, 1.807) is 0 Å². The molecule has 0 saturated carbocycles. The van der Waals surface area contributed by atoms with Gasteiger partial charge in [0.15, 0.2) is 0 Å². The average molecular weight is 509 g/mol. The number of ether oxygens (including phenoxy) is 2. The van der Waals surface area contributed by atoms with Crippen LogP contribution in [0.25, 0.3) is 0 Å². The van der Waals surface area contributed by atoms with E-state index in [9.17, 15) is 19.2 Å². The Morgan fingerprint density at radius 3 is 1.38 bits per heavy atom. The van der Waals surface area contributed by atoms with Crippen molar-refractivity contribution in [1.82, 2.24) is 0 Å². The van der Waals surface area contributed by atoms with Crippen molar-refractivity contribution in [2.75, 3.05) is 24.9 Å². The summed E-state index contributed by atoms with van der Waals surface area (Å²) in [6.45, 7) is 8.17. The average Bonchev–Trinajstić information content (AvgIpc) is 3.33. The lowest BCUT2D eigenvalue weighted by Crippen LogP contribution is -2.19. The van der Waals surface area contributed by atoms with E-state index in [1.165, 1.54) is 36.9 Å². The molecule has 2 aromatic heterocycles. The fourth-order valence-electron chi connectivity index (χ4n) is 3.41. The molecule has 0 fully saturated rings. The second-order valence-corrected chi connectivity index (χ2v) is 10.5. The first-order valence-electron chi connectivity index (χ1n) is 11.0. The third-order valence-electron chi connectivity index (χ3n) is 4.85. The van der Waals surface area contributed by atoms with E-state index in [2.05, 4.69) is 10.6 Å². The summed E-state index contributed by atoms with van der Waals surface area (Å²) >= 11 is 2.52. The molecule has 2 N–H and O–H groups in total. The maximum Gasteiger partial charge on any atom is 0.341 e. The van der Waals surface area contributed by atoms with Crippen LogP contribution in [0.15, 0.2) is 10.8 Å². The first-order chi connectivity index (χ1) is 16.1. The maximum atomic E-state index is 12.5. The maximum absolute atomic E-state index is 12.5. The number of thiophene rings is 2. The Morgan fingerprint density at radius 2 is 1.09 bits per heavy atom. The fourth-order valence-corrected chi connectivity index (χ4v) is 5.37. The monoisotopic (exact) mass is 508 g/mol. The predicted molar refractivity (Wildman–Crippen MR) is 135 cm³/mol. The van der Waals surface area contributed by atoms with Gasteiger partial charge < -0.3 is 20.1 Å². The summed E-state index contributed by atoms with van der Waals surface area (Å²) in [7, 11) is 2.60. The SMILES string of the molecule is COC(=O)c1c(CC(C)C)csc1NC(=O)CCC(=O)Nc1scc(CC(C)C)c1C(=O)OC. The van der Waals surface area contributed by atoms with Gasteiger partial charge in [-0.1, -0.05) is 27.7 Å². The summed E-state index contributed by atoms with van der Waals surface area (Å²) in [6, 6.07) is 0. The number of carbonyl (C=O) groups is 4. The van der Waals surface area contributed by atoms with Crippen LogP contribution in [-0.4, -0.2) is 38.0 Å². The second-order valence-electron chi connectivity index (χ2n) is 8.71. The Morgan fingerprint density at radius 1 is 0.735 bits per heavy atom. The third-order valence-corrected chi connectivity index (χ3v) is 6.74. The fraction of sp³-hybridized carbons (Fsp3) is 0.500. The number of hydrogen-bond acceptors (Lipinski definition) is 8. The molecule has 0 aliphatic carbocycles. The molecular weight excluding hydrogens is 476 g/mol. The molecular formula is C24H32N2O6S2. The molecule has 0 atom stereocenters. The minimum absolute atomic E-state index is 0.0817. The molecule has 0 radical (unpaired) electrons. The Kier molecular flexibility index (Phi) is 10.2. The second kappa shape index (κ2) is 12.7. The van der Waals surface area contributed by atoms with Gasteiger partial charge in [0.25, 0.3) is 0 Å². The van der Waals surface area contributed by atoms with E-state index in [0.717, 1.165) is 11.1 Å². The molecule has 34 heavy (non-hydrogen) atoms. The number of anilines is 2. The Balaban J connectivity index is 2.04. The molecule has 0 spiro atoms. The van der Waals surface area contributed by atoms with Gasteiger partial charge in [0.2, 0.25) is 11.8 Å². The zero-order valence-electron chi connectivity index (χ0n) is 20.4. The van der Waals surface area contributed by atoms with Gasteiger partial charge in [-0.25, -0.2) is 9.59 Å². The quantitative estimate of drug-likeness (QED) is 0.407. The zero-order valence-corrected chi connectivity index (χ0v) is 22.0. The van der Waals surface area contributed by atoms with Crippen LogP contribution in [0, 0.1) is 11.8 Å². The Labute approximate surface area is 208 Å². The molecule has 0 aliphatic heterocycles. The molecule has 0 aliphatic rings. The van der Waals surface area contributed by atoms with E-state index in [4.69, 9.17) is 9.47 Å². The van der Waals surface area contributed by atoms with Crippen LogP contribution in [0.4, 0.5) is 10.0 Å². The highest BCUT2D eigenvalue weighted by molar-refractivity contribution is 7.15. The van der Waals surface area contributed by atoms with Gasteiger partial charge in [-0.3, -0.25) is 9.59 Å². The molecule has 0 bridgehead atoms. The minimum atomic E-state index is -0.504. The normalized spacial score (nSPS) is 10.9. The van der Waals surface area contributed by atoms with Crippen LogP contribution in [0.1, 0.15) is 72.4 Å². The van der Waals surface area contributed by atoms with Crippen molar-refractivity contribution in [2.45, 2.75) is 53.4 Å². The molecule has 0 saturated heterocycles. The predicted octanol–water partition coefficient (Wildman–Crippen LogP) is 5.14.